The highest BCUT2D eigenvalue weighted by Crippen LogP contribution is 2.12. The molecule has 3 rings (SSSR count). The van der Waals surface area contributed by atoms with Crippen LogP contribution in [0.1, 0.15) is 15.9 Å². The number of fused-ring (bicyclic) bond motifs is 1. The number of methoxy groups -OCH3 is 2. The summed E-state index contributed by atoms with van der Waals surface area (Å²) in [6.45, 7) is 0.751. The zero-order valence-corrected chi connectivity index (χ0v) is 15.7. The van der Waals surface area contributed by atoms with E-state index < -0.39 is 11.2 Å². The Morgan fingerprint density at radius 3 is 2.54 bits per heavy atom. The lowest BCUT2D eigenvalue weighted by Crippen LogP contribution is -2.36. The maximum absolute atomic E-state index is 12.5. The van der Waals surface area contributed by atoms with Gasteiger partial charge in [-0.05, 0) is 35.9 Å². The molecule has 1 amide bonds. The molecule has 0 fully saturated rings. The predicted molar refractivity (Wildman–Crippen MR) is 105 cm³/mol. The van der Waals surface area contributed by atoms with Crippen molar-refractivity contribution in [1.29, 1.82) is 0 Å². The molecule has 28 heavy (non-hydrogen) atoms. The van der Waals surface area contributed by atoms with Crippen LogP contribution in [0.25, 0.3) is 10.9 Å². The van der Waals surface area contributed by atoms with Crippen LogP contribution in [0.3, 0.4) is 0 Å². The molecule has 0 aliphatic heterocycles. The number of aromatic nitrogens is 2. The molecule has 0 atom stereocenters. The van der Waals surface area contributed by atoms with Crippen LogP contribution in [0.4, 0.5) is 0 Å². The Hall–Kier alpha value is -3.39. The number of carbonyl (C=O) groups excluding carboxylic acids is 1. The number of benzene rings is 2. The van der Waals surface area contributed by atoms with Gasteiger partial charge in [-0.2, -0.15) is 0 Å². The molecule has 0 saturated carbocycles. The van der Waals surface area contributed by atoms with Crippen molar-refractivity contribution < 1.29 is 14.3 Å². The zero-order valence-electron chi connectivity index (χ0n) is 15.7. The van der Waals surface area contributed by atoms with E-state index in [1.807, 2.05) is 24.3 Å². The number of amides is 1. The summed E-state index contributed by atoms with van der Waals surface area (Å²) < 4.78 is 11.1. The fourth-order valence-corrected chi connectivity index (χ4v) is 2.81. The summed E-state index contributed by atoms with van der Waals surface area (Å²) in [6.07, 6.45) is 0. The average molecular weight is 383 g/mol. The van der Waals surface area contributed by atoms with Gasteiger partial charge in [0.2, 0.25) is 0 Å². The van der Waals surface area contributed by atoms with Crippen molar-refractivity contribution in [2.75, 3.05) is 20.8 Å². The van der Waals surface area contributed by atoms with Gasteiger partial charge < -0.3 is 19.8 Å². The minimum atomic E-state index is -0.537. The molecule has 1 aromatic heterocycles. The van der Waals surface area contributed by atoms with Gasteiger partial charge in [-0.15, -0.1) is 0 Å². The standard InChI is InChI=1S/C20H21N3O5/c1-27-10-9-23-19(25)16-8-5-14(11-17(16)22-20(23)26)18(24)21-12-13-3-6-15(28-2)7-4-13/h3-8,11H,9-10,12H2,1-2H3,(H,21,24)(H,22,26). The van der Waals surface area contributed by atoms with Crippen LogP contribution in [0.2, 0.25) is 0 Å². The zero-order chi connectivity index (χ0) is 20.1. The first-order valence-electron chi connectivity index (χ1n) is 8.70. The predicted octanol–water partition coefficient (Wildman–Crippen LogP) is 1.27. The van der Waals surface area contributed by atoms with Crippen LogP contribution in [0.5, 0.6) is 5.75 Å². The second kappa shape index (κ2) is 8.53. The number of hydrogen-bond donors (Lipinski definition) is 2. The van der Waals surface area contributed by atoms with Crippen LogP contribution in [0, 0.1) is 0 Å². The number of nitrogens with one attached hydrogen (secondary N) is 2. The Morgan fingerprint density at radius 2 is 1.86 bits per heavy atom. The summed E-state index contributed by atoms with van der Waals surface area (Å²) >= 11 is 0. The second-order valence-electron chi connectivity index (χ2n) is 6.17. The molecule has 0 aliphatic rings. The SMILES string of the molecule is COCCn1c(=O)[nH]c2cc(C(=O)NCc3ccc(OC)cc3)ccc2c1=O. The first kappa shape index (κ1) is 19.4. The van der Waals surface area contributed by atoms with Gasteiger partial charge in [0.25, 0.3) is 11.5 Å². The smallest absolute Gasteiger partial charge is 0.328 e. The Labute approximate surface area is 160 Å². The van der Waals surface area contributed by atoms with E-state index in [1.54, 1.807) is 19.2 Å². The normalized spacial score (nSPS) is 10.8. The first-order chi connectivity index (χ1) is 13.5. The van der Waals surface area contributed by atoms with Crippen molar-refractivity contribution in [2.24, 2.45) is 0 Å². The number of ether oxygens (including phenoxy) is 2. The lowest BCUT2D eigenvalue weighted by atomic mass is 10.1. The van der Waals surface area contributed by atoms with Crippen molar-refractivity contribution in [3.8, 4) is 5.75 Å². The molecule has 0 saturated heterocycles. The minimum Gasteiger partial charge on any atom is -0.497 e. The number of rotatable bonds is 7. The quantitative estimate of drug-likeness (QED) is 0.640. The molecular weight excluding hydrogens is 362 g/mol. The molecule has 0 spiro atoms. The van der Waals surface area contributed by atoms with Gasteiger partial charge in [-0.1, -0.05) is 12.1 Å². The third-order valence-electron chi connectivity index (χ3n) is 4.38. The molecule has 0 radical (unpaired) electrons. The highest BCUT2D eigenvalue weighted by Gasteiger charge is 2.11. The van der Waals surface area contributed by atoms with Crippen LogP contribution in [0.15, 0.2) is 52.1 Å². The van der Waals surface area contributed by atoms with Crippen molar-refractivity contribution in [2.45, 2.75) is 13.1 Å². The summed E-state index contributed by atoms with van der Waals surface area (Å²) in [5.41, 5.74) is 0.641. The maximum Gasteiger partial charge on any atom is 0.328 e. The topological polar surface area (TPSA) is 102 Å². The van der Waals surface area contributed by atoms with Gasteiger partial charge in [0.1, 0.15) is 5.75 Å². The third-order valence-corrected chi connectivity index (χ3v) is 4.38. The van der Waals surface area contributed by atoms with E-state index in [1.165, 1.54) is 13.2 Å². The summed E-state index contributed by atoms with van der Waals surface area (Å²) in [6, 6.07) is 12.0. The fraction of sp³-hybridized carbons (Fsp3) is 0.250. The largest absolute Gasteiger partial charge is 0.497 e. The summed E-state index contributed by atoms with van der Waals surface area (Å²) in [5.74, 6) is 0.437. The highest BCUT2D eigenvalue weighted by atomic mass is 16.5. The molecule has 8 nitrogen and oxygen atoms in total. The van der Waals surface area contributed by atoms with Crippen molar-refractivity contribution in [1.82, 2.24) is 14.9 Å². The molecule has 0 unspecified atom stereocenters. The molecular formula is C20H21N3O5. The summed E-state index contributed by atoms with van der Waals surface area (Å²) in [4.78, 5) is 39.7. The average Bonchev–Trinajstić information content (AvgIpc) is 2.71. The van der Waals surface area contributed by atoms with E-state index in [4.69, 9.17) is 9.47 Å². The van der Waals surface area contributed by atoms with Crippen molar-refractivity contribution in [3.05, 3.63) is 74.4 Å². The van der Waals surface area contributed by atoms with Gasteiger partial charge >= 0.3 is 5.69 Å². The fourth-order valence-electron chi connectivity index (χ4n) is 2.81. The third kappa shape index (κ3) is 4.12. The molecule has 1 heterocycles. The molecule has 0 bridgehead atoms. The van der Waals surface area contributed by atoms with Gasteiger partial charge in [-0.3, -0.25) is 14.2 Å². The monoisotopic (exact) mass is 383 g/mol. The van der Waals surface area contributed by atoms with Crippen LogP contribution < -0.4 is 21.3 Å². The van der Waals surface area contributed by atoms with E-state index in [9.17, 15) is 14.4 Å². The summed E-state index contributed by atoms with van der Waals surface area (Å²) in [7, 11) is 3.09. The van der Waals surface area contributed by atoms with Crippen LogP contribution in [-0.4, -0.2) is 36.3 Å². The van der Waals surface area contributed by atoms with Gasteiger partial charge in [0.05, 0.1) is 31.2 Å². The van der Waals surface area contributed by atoms with E-state index in [2.05, 4.69) is 10.3 Å². The Bertz CT molecular complexity index is 1100. The number of nitrogens with zero attached hydrogens (tertiary/aromatic N) is 1. The van der Waals surface area contributed by atoms with Gasteiger partial charge in [-0.25, -0.2) is 4.79 Å². The number of aromatic amines is 1. The molecule has 0 aliphatic carbocycles. The Morgan fingerprint density at radius 1 is 1.11 bits per heavy atom. The lowest BCUT2D eigenvalue weighted by Gasteiger charge is -2.09. The van der Waals surface area contributed by atoms with E-state index >= 15 is 0 Å². The van der Waals surface area contributed by atoms with Crippen molar-refractivity contribution >= 4 is 16.8 Å². The Balaban J connectivity index is 1.80. The lowest BCUT2D eigenvalue weighted by molar-refractivity contribution is 0.0951. The molecule has 2 aromatic carbocycles. The maximum atomic E-state index is 12.5. The molecule has 3 aromatic rings. The minimum absolute atomic E-state index is 0.157. The second-order valence-corrected chi connectivity index (χ2v) is 6.17. The van der Waals surface area contributed by atoms with Crippen LogP contribution in [-0.2, 0) is 17.8 Å². The number of H-pyrrole nitrogens is 1. The van der Waals surface area contributed by atoms with Gasteiger partial charge in [0, 0.05) is 19.2 Å². The van der Waals surface area contributed by atoms with Crippen molar-refractivity contribution in [3.63, 3.8) is 0 Å². The highest BCUT2D eigenvalue weighted by molar-refractivity contribution is 5.97. The number of carbonyl (C=O) groups is 1. The van der Waals surface area contributed by atoms with Crippen LogP contribution >= 0.6 is 0 Å². The molecule has 2 N–H and O–H groups in total. The van der Waals surface area contributed by atoms with E-state index in [0.717, 1.165) is 15.9 Å². The summed E-state index contributed by atoms with van der Waals surface area (Å²) in [5, 5.41) is 3.15. The molecule has 146 valence electrons. The first-order valence-corrected chi connectivity index (χ1v) is 8.70. The molecule has 8 heteroatoms. The van der Waals surface area contributed by atoms with E-state index in [-0.39, 0.29) is 19.1 Å². The Kier molecular flexibility index (Phi) is 5.90. The van der Waals surface area contributed by atoms with Gasteiger partial charge in [0.15, 0.2) is 0 Å². The van der Waals surface area contributed by atoms with E-state index in [0.29, 0.717) is 23.0 Å². The number of hydrogen-bond acceptors (Lipinski definition) is 5.